The fourth-order valence-electron chi connectivity index (χ4n) is 4.10. The van der Waals surface area contributed by atoms with E-state index in [1.54, 1.807) is 19.2 Å². The van der Waals surface area contributed by atoms with E-state index in [0.29, 0.717) is 28.6 Å². The van der Waals surface area contributed by atoms with Crippen molar-refractivity contribution < 1.29 is 14.3 Å². The van der Waals surface area contributed by atoms with Crippen LogP contribution in [0.1, 0.15) is 25.3 Å². The molecular formula is C23H24N2O3. The fraction of sp³-hybridized carbons (Fsp3) is 0.304. The summed E-state index contributed by atoms with van der Waals surface area (Å²) in [6, 6.07) is 16.6. The first kappa shape index (κ1) is 18.3. The summed E-state index contributed by atoms with van der Waals surface area (Å²) in [6.07, 6.45) is 2.16. The third-order valence-corrected chi connectivity index (χ3v) is 5.42. The van der Waals surface area contributed by atoms with Gasteiger partial charge in [-0.1, -0.05) is 49.4 Å². The van der Waals surface area contributed by atoms with Crippen LogP contribution in [-0.4, -0.2) is 36.9 Å². The third kappa shape index (κ3) is 3.07. The van der Waals surface area contributed by atoms with E-state index in [1.807, 2.05) is 42.5 Å². The summed E-state index contributed by atoms with van der Waals surface area (Å²) in [5.41, 5.74) is 2.24. The van der Waals surface area contributed by atoms with Gasteiger partial charge in [-0.25, -0.2) is 4.90 Å². The molecule has 2 aromatic carbocycles. The first-order valence-corrected chi connectivity index (χ1v) is 9.68. The number of imide groups is 1. The van der Waals surface area contributed by atoms with Crippen molar-refractivity contribution in [1.82, 2.24) is 4.90 Å². The minimum absolute atomic E-state index is 0.276. The SMILES string of the molecule is COc1ccccc1N1C(=O)C(c2ccccc2)=C(N2CCCC(C)C2)C1=O. The van der Waals surface area contributed by atoms with E-state index in [4.69, 9.17) is 4.74 Å². The molecule has 2 amide bonds. The Morgan fingerprint density at radius 1 is 0.964 bits per heavy atom. The zero-order valence-corrected chi connectivity index (χ0v) is 16.2. The monoisotopic (exact) mass is 376 g/mol. The molecule has 28 heavy (non-hydrogen) atoms. The van der Waals surface area contributed by atoms with E-state index in [1.165, 1.54) is 4.90 Å². The molecule has 0 aliphatic carbocycles. The summed E-state index contributed by atoms with van der Waals surface area (Å²) in [5, 5.41) is 0. The Hall–Kier alpha value is -3.08. The number of rotatable bonds is 4. The molecule has 2 heterocycles. The van der Waals surface area contributed by atoms with Crippen LogP contribution in [-0.2, 0) is 9.59 Å². The highest BCUT2D eigenvalue weighted by Gasteiger charge is 2.43. The van der Waals surface area contributed by atoms with Crippen molar-refractivity contribution in [2.75, 3.05) is 25.1 Å². The lowest BCUT2D eigenvalue weighted by atomic mass is 9.98. The number of carbonyl (C=O) groups is 2. The predicted molar refractivity (Wildman–Crippen MR) is 109 cm³/mol. The number of anilines is 1. The van der Waals surface area contributed by atoms with Crippen molar-refractivity contribution in [2.45, 2.75) is 19.8 Å². The number of amides is 2. The van der Waals surface area contributed by atoms with Gasteiger partial charge in [0.25, 0.3) is 11.8 Å². The number of benzene rings is 2. The van der Waals surface area contributed by atoms with Crippen LogP contribution in [0.25, 0.3) is 5.57 Å². The van der Waals surface area contributed by atoms with E-state index in [2.05, 4.69) is 11.8 Å². The number of hydrogen-bond acceptors (Lipinski definition) is 4. The van der Waals surface area contributed by atoms with Gasteiger partial charge in [0.05, 0.1) is 18.4 Å². The molecule has 0 saturated carbocycles. The van der Waals surface area contributed by atoms with Crippen LogP contribution in [0, 0.1) is 5.92 Å². The average Bonchev–Trinajstić information content (AvgIpc) is 2.98. The molecule has 5 heteroatoms. The van der Waals surface area contributed by atoms with Crippen molar-refractivity contribution in [3.05, 3.63) is 65.9 Å². The normalized spacial score (nSPS) is 20.1. The smallest absolute Gasteiger partial charge is 0.282 e. The number of carbonyl (C=O) groups excluding carboxylic acids is 2. The highest BCUT2D eigenvalue weighted by atomic mass is 16.5. The van der Waals surface area contributed by atoms with Crippen LogP contribution in [0.2, 0.25) is 0 Å². The Bertz CT molecular complexity index is 936. The van der Waals surface area contributed by atoms with E-state index >= 15 is 0 Å². The van der Waals surface area contributed by atoms with Crippen molar-refractivity contribution in [3.63, 3.8) is 0 Å². The van der Waals surface area contributed by atoms with E-state index < -0.39 is 0 Å². The minimum Gasteiger partial charge on any atom is -0.495 e. The molecule has 0 radical (unpaired) electrons. The predicted octanol–water partition coefficient (Wildman–Crippen LogP) is 3.71. The number of piperidine rings is 1. The second kappa shape index (κ2) is 7.50. The van der Waals surface area contributed by atoms with Gasteiger partial charge in [-0.2, -0.15) is 0 Å². The molecule has 5 nitrogen and oxygen atoms in total. The van der Waals surface area contributed by atoms with Crippen LogP contribution < -0.4 is 9.64 Å². The molecule has 1 saturated heterocycles. The third-order valence-electron chi connectivity index (χ3n) is 5.42. The van der Waals surface area contributed by atoms with E-state index in [9.17, 15) is 9.59 Å². The molecule has 4 rings (SSSR count). The molecular weight excluding hydrogens is 352 g/mol. The molecule has 1 fully saturated rings. The molecule has 0 N–H and O–H groups in total. The maximum atomic E-state index is 13.5. The van der Waals surface area contributed by atoms with Crippen LogP contribution in [0.15, 0.2) is 60.3 Å². The van der Waals surface area contributed by atoms with Gasteiger partial charge in [0.15, 0.2) is 0 Å². The molecule has 144 valence electrons. The second-order valence-electron chi connectivity index (χ2n) is 7.40. The Balaban J connectivity index is 1.84. The van der Waals surface area contributed by atoms with E-state index in [-0.39, 0.29) is 11.8 Å². The van der Waals surface area contributed by atoms with Gasteiger partial charge in [-0.05, 0) is 36.5 Å². The largest absolute Gasteiger partial charge is 0.495 e. The summed E-state index contributed by atoms with van der Waals surface area (Å²) in [7, 11) is 1.54. The van der Waals surface area contributed by atoms with E-state index in [0.717, 1.165) is 31.5 Å². The maximum absolute atomic E-state index is 13.5. The Kier molecular flexibility index (Phi) is 4.90. The molecule has 2 aliphatic rings. The summed E-state index contributed by atoms with van der Waals surface area (Å²) >= 11 is 0. The lowest BCUT2D eigenvalue weighted by molar-refractivity contribution is -0.120. The number of likely N-dealkylation sites (tertiary alicyclic amines) is 1. The number of ether oxygens (including phenoxy) is 1. The van der Waals surface area contributed by atoms with Gasteiger partial charge in [0.1, 0.15) is 11.4 Å². The number of hydrogen-bond donors (Lipinski definition) is 0. The summed E-state index contributed by atoms with van der Waals surface area (Å²) < 4.78 is 5.41. The quantitative estimate of drug-likeness (QED) is 0.764. The van der Waals surface area contributed by atoms with Gasteiger partial charge >= 0.3 is 0 Å². The van der Waals surface area contributed by atoms with Crippen LogP contribution in [0.5, 0.6) is 5.75 Å². The Morgan fingerprint density at radius 3 is 2.39 bits per heavy atom. The molecule has 2 aromatic rings. The second-order valence-corrected chi connectivity index (χ2v) is 7.40. The van der Waals surface area contributed by atoms with Crippen LogP contribution in [0.3, 0.4) is 0 Å². The first-order valence-electron chi connectivity index (χ1n) is 9.68. The number of methoxy groups -OCH3 is 1. The highest BCUT2D eigenvalue weighted by molar-refractivity contribution is 6.45. The zero-order chi connectivity index (χ0) is 19.7. The minimum atomic E-state index is -0.297. The molecule has 2 aliphatic heterocycles. The van der Waals surface area contributed by atoms with Gasteiger partial charge in [-0.15, -0.1) is 0 Å². The number of para-hydroxylation sites is 2. The van der Waals surface area contributed by atoms with Crippen molar-refractivity contribution in [1.29, 1.82) is 0 Å². The fourth-order valence-corrected chi connectivity index (χ4v) is 4.10. The summed E-state index contributed by atoms with van der Waals surface area (Å²) in [5.74, 6) is 0.419. The number of nitrogens with zero attached hydrogens (tertiary/aromatic N) is 2. The molecule has 0 spiro atoms. The first-order chi connectivity index (χ1) is 13.6. The van der Waals surface area contributed by atoms with Crippen molar-refractivity contribution in [3.8, 4) is 5.75 Å². The van der Waals surface area contributed by atoms with Crippen molar-refractivity contribution >= 4 is 23.1 Å². The van der Waals surface area contributed by atoms with Gasteiger partial charge < -0.3 is 9.64 Å². The Labute approximate surface area is 165 Å². The molecule has 0 aromatic heterocycles. The zero-order valence-electron chi connectivity index (χ0n) is 16.2. The molecule has 1 unspecified atom stereocenters. The lowest BCUT2D eigenvalue weighted by Crippen LogP contribution is -2.39. The summed E-state index contributed by atoms with van der Waals surface area (Å²) in [6.45, 7) is 3.76. The van der Waals surface area contributed by atoms with Gasteiger partial charge in [-0.3, -0.25) is 9.59 Å². The van der Waals surface area contributed by atoms with Crippen LogP contribution >= 0.6 is 0 Å². The van der Waals surface area contributed by atoms with Crippen LogP contribution in [0.4, 0.5) is 5.69 Å². The van der Waals surface area contributed by atoms with Crippen molar-refractivity contribution in [2.24, 2.45) is 5.92 Å². The van der Waals surface area contributed by atoms with Gasteiger partial charge in [0, 0.05) is 13.1 Å². The van der Waals surface area contributed by atoms with Gasteiger partial charge in [0.2, 0.25) is 0 Å². The standard InChI is InChI=1S/C23H24N2O3/c1-16-9-8-14-24(15-16)21-20(17-10-4-3-5-11-17)22(26)25(23(21)27)18-12-6-7-13-19(18)28-2/h3-7,10-13,16H,8-9,14-15H2,1-2H3. The maximum Gasteiger partial charge on any atom is 0.282 e. The molecule has 0 bridgehead atoms. The Morgan fingerprint density at radius 2 is 1.68 bits per heavy atom. The lowest BCUT2D eigenvalue weighted by Gasteiger charge is -2.33. The highest BCUT2D eigenvalue weighted by Crippen LogP contribution is 2.39. The average molecular weight is 376 g/mol. The summed E-state index contributed by atoms with van der Waals surface area (Å²) in [4.78, 5) is 30.4. The topological polar surface area (TPSA) is 49.9 Å². The molecule has 1 atom stereocenters.